The second-order valence-electron chi connectivity index (χ2n) is 5.59. The van der Waals surface area contributed by atoms with Crippen molar-refractivity contribution in [1.29, 1.82) is 0 Å². The van der Waals surface area contributed by atoms with Gasteiger partial charge in [-0.2, -0.15) is 0 Å². The molecule has 2 N–H and O–H groups in total. The van der Waals surface area contributed by atoms with Gasteiger partial charge in [-0.1, -0.05) is 0 Å². The van der Waals surface area contributed by atoms with Crippen molar-refractivity contribution in [1.82, 2.24) is 10.6 Å². The predicted octanol–water partition coefficient (Wildman–Crippen LogP) is 1.73. The Morgan fingerprint density at radius 2 is 1.79 bits per heavy atom. The molecule has 0 radical (unpaired) electrons. The van der Waals surface area contributed by atoms with Gasteiger partial charge in [-0.05, 0) is 57.0 Å². The average Bonchev–Trinajstić information content (AvgIpc) is 2.41. The number of carbonyl (C=O) groups is 1. The summed E-state index contributed by atoms with van der Waals surface area (Å²) in [5.41, 5.74) is 0. The van der Waals surface area contributed by atoms with Crippen LogP contribution in [0.1, 0.15) is 38.5 Å². The minimum atomic E-state index is 0. The summed E-state index contributed by atoms with van der Waals surface area (Å²) in [6.45, 7) is 4.77. The van der Waals surface area contributed by atoms with Gasteiger partial charge in [0.1, 0.15) is 0 Å². The van der Waals surface area contributed by atoms with Crippen LogP contribution in [0.25, 0.3) is 0 Å². The summed E-state index contributed by atoms with van der Waals surface area (Å²) >= 11 is 0. The maximum Gasteiger partial charge on any atom is 0.220 e. The van der Waals surface area contributed by atoms with Gasteiger partial charge in [0.25, 0.3) is 0 Å². The zero-order valence-electron chi connectivity index (χ0n) is 11.7. The fourth-order valence-electron chi connectivity index (χ4n) is 2.87. The van der Waals surface area contributed by atoms with E-state index >= 15 is 0 Å². The third-order valence-electron chi connectivity index (χ3n) is 4.15. The Morgan fingerprint density at radius 1 is 1.11 bits per heavy atom. The van der Waals surface area contributed by atoms with E-state index in [1.54, 1.807) is 0 Å². The SMILES string of the molecule is Cl.O=C(CC1CCNCC1)NCCC1CCOCC1. The molecule has 0 aromatic carbocycles. The largest absolute Gasteiger partial charge is 0.381 e. The Hall–Kier alpha value is -0.320. The van der Waals surface area contributed by atoms with E-state index in [1.807, 2.05) is 0 Å². The van der Waals surface area contributed by atoms with E-state index < -0.39 is 0 Å². The molecule has 5 heteroatoms. The number of hydrogen-bond donors (Lipinski definition) is 2. The van der Waals surface area contributed by atoms with Crippen molar-refractivity contribution in [3.8, 4) is 0 Å². The third kappa shape index (κ3) is 6.59. The average molecular weight is 291 g/mol. The van der Waals surface area contributed by atoms with Gasteiger partial charge in [0, 0.05) is 26.2 Å². The van der Waals surface area contributed by atoms with Crippen molar-refractivity contribution in [2.75, 3.05) is 32.8 Å². The Balaban J connectivity index is 0.00000180. The first-order valence-electron chi connectivity index (χ1n) is 7.40. The topological polar surface area (TPSA) is 50.4 Å². The van der Waals surface area contributed by atoms with Gasteiger partial charge in [-0.15, -0.1) is 12.4 Å². The van der Waals surface area contributed by atoms with Gasteiger partial charge >= 0.3 is 0 Å². The maximum atomic E-state index is 11.8. The van der Waals surface area contributed by atoms with Crippen LogP contribution in [0.3, 0.4) is 0 Å². The number of ether oxygens (including phenoxy) is 1. The summed E-state index contributed by atoms with van der Waals surface area (Å²) < 4.78 is 5.33. The van der Waals surface area contributed by atoms with Crippen molar-refractivity contribution in [2.45, 2.75) is 38.5 Å². The lowest BCUT2D eigenvalue weighted by molar-refractivity contribution is -0.122. The molecule has 0 unspecified atom stereocenters. The normalized spacial score (nSPS) is 21.7. The van der Waals surface area contributed by atoms with Crippen LogP contribution in [-0.2, 0) is 9.53 Å². The molecular weight excluding hydrogens is 264 g/mol. The summed E-state index contributed by atoms with van der Waals surface area (Å²) in [6, 6.07) is 0. The molecule has 0 atom stereocenters. The van der Waals surface area contributed by atoms with Gasteiger partial charge in [0.05, 0.1) is 0 Å². The van der Waals surface area contributed by atoms with E-state index in [2.05, 4.69) is 10.6 Å². The molecule has 4 nitrogen and oxygen atoms in total. The lowest BCUT2D eigenvalue weighted by Gasteiger charge is -2.23. The van der Waals surface area contributed by atoms with Crippen LogP contribution in [0.5, 0.6) is 0 Å². The van der Waals surface area contributed by atoms with Gasteiger partial charge in [0.15, 0.2) is 0 Å². The van der Waals surface area contributed by atoms with Crippen molar-refractivity contribution in [3.63, 3.8) is 0 Å². The second-order valence-corrected chi connectivity index (χ2v) is 5.59. The summed E-state index contributed by atoms with van der Waals surface area (Å²) in [4.78, 5) is 11.8. The van der Waals surface area contributed by atoms with E-state index in [0.717, 1.165) is 77.3 Å². The standard InChI is InChI=1S/C14H26N2O2.ClH/c17-14(11-13-1-6-15-7-2-13)16-8-3-12-4-9-18-10-5-12;/h12-13,15H,1-11H2,(H,16,17);1H. The zero-order valence-corrected chi connectivity index (χ0v) is 12.5. The van der Waals surface area contributed by atoms with Gasteiger partial charge in [0.2, 0.25) is 5.91 Å². The van der Waals surface area contributed by atoms with Crippen LogP contribution in [0, 0.1) is 11.8 Å². The number of amides is 1. The van der Waals surface area contributed by atoms with Crippen molar-refractivity contribution >= 4 is 18.3 Å². The monoisotopic (exact) mass is 290 g/mol. The maximum absolute atomic E-state index is 11.8. The van der Waals surface area contributed by atoms with Crippen LogP contribution in [0.15, 0.2) is 0 Å². The van der Waals surface area contributed by atoms with Crippen LogP contribution in [0.2, 0.25) is 0 Å². The minimum Gasteiger partial charge on any atom is -0.381 e. The van der Waals surface area contributed by atoms with E-state index in [1.165, 1.54) is 0 Å². The van der Waals surface area contributed by atoms with Crippen molar-refractivity contribution < 1.29 is 9.53 Å². The summed E-state index contributed by atoms with van der Waals surface area (Å²) in [5.74, 6) is 1.58. The molecule has 0 aromatic heterocycles. The highest BCUT2D eigenvalue weighted by atomic mass is 35.5. The second kappa shape index (κ2) is 9.56. The molecule has 112 valence electrons. The molecule has 2 rings (SSSR count). The summed E-state index contributed by atoms with van der Waals surface area (Å²) in [5, 5.41) is 6.41. The Morgan fingerprint density at radius 3 is 2.47 bits per heavy atom. The zero-order chi connectivity index (χ0) is 12.6. The Bertz CT molecular complexity index is 252. The molecule has 2 aliphatic rings. The number of carbonyl (C=O) groups excluding carboxylic acids is 1. The molecule has 1 amide bonds. The van der Waals surface area contributed by atoms with E-state index in [4.69, 9.17) is 4.74 Å². The van der Waals surface area contributed by atoms with Crippen LogP contribution >= 0.6 is 12.4 Å². The molecule has 0 spiro atoms. The number of halogens is 1. The first-order chi connectivity index (χ1) is 8.84. The fraction of sp³-hybridized carbons (Fsp3) is 0.929. The molecule has 0 bridgehead atoms. The van der Waals surface area contributed by atoms with Gasteiger partial charge in [-0.3, -0.25) is 4.79 Å². The molecule has 2 aliphatic heterocycles. The Kier molecular flexibility index (Phi) is 8.42. The smallest absolute Gasteiger partial charge is 0.220 e. The Labute approximate surface area is 122 Å². The molecule has 2 heterocycles. The first kappa shape index (κ1) is 16.7. The molecule has 2 fully saturated rings. The fourth-order valence-corrected chi connectivity index (χ4v) is 2.87. The quantitative estimate of drug-likeness (QED) is 0.811. The highest BCUT2D eigenvalue weighted by Gasteiger charge is 2.17. The highest BCUT2D eigenvalue weighted by Crippen LogP contribution is 2.18. The van der Waals surface area contributed by atoms with E-state index in [0.29, 0.717) is 5.92 Å². The first-order valence-corrected chi connectivity index (χ1v) is 7.40. The molecule has 2 saturated heterocycles. The van der Waals surface area contributed by atoms with E-state index in [-0.39, 0.29) is 18.3 Å². The van der Waals surface area contributed by atoms with Crippen molar-refractivity contribution in [2.24, 2.45) is 11.8 Å². The molecule has 19 heavy (non-hydrogen) atoms. The number of nitrogens with one attached hydrogen (secondary N) is 2. The third-order valence-corrected chi connectivity index (χ3v) is 4.15. The lowest BCUT2D eigenvalue weighted by atomic mass is 9.94. The lowest BCUT2D eigenvalue weighted by Crippen LogP contribution is -2.33. The minimum absolute atomic E-state index is 0. The van der Waals surface area contributed by atoms with E-state index in [9.17, 15) is 4.79 Å². The molecule has 0 aliphatic carbocycles. The highest BCUT2D eigenvalue weighted by molar-refractivity contribution is 5.85. The summed E-state index contributed by atoms with van der Waals surface area (Å²) in [7, 11) is 0. The molecule has 0 aromatic rings. The van der Waals surface area contributed by atoms with Crippen LogP contribution in [0.4, 0.5) is 0 Å². The number of piperidine rings is 1. The molecule has 0 saturated carbocycles. The number of hydrogen-bond acceptors (Lipinski definition) is 3. The van der Waals surface area contributed by atoms with Gasteiger partial charge in [-0.25, -0.2) is 0 Å². The predicted molar refractivity (Wildman–Crippen MR) is 78.6 cm³/mol. The number of rotatable bonds is 5. The van der Waals surface area contributed by atoms with Crippen molar-refractivity contribution in [3.05, 3.63) is 0 Å². The molecular formula is C14H27ClN2O2. The van der Waals surface area contributed by atoms with Crippen LogP contribution in [-0.4, -0.2) is 38.8 Å². The summed E-state index contributed by atoms with van der Waals surface area (Å²) in [6.07, 6.45) is 6.44. The van der Waals surface area contributed by atoms with Gasteiger partial charge < -0.3 is 15.4 Å². The van der Waals surface area contributed by atoms with Crippen LogP contribution < -0.4 is 10.6 Å².